The first-order valence-electron chi connectivity index (χ1n) is 8.19. The van der Waals surface area contributed by atoms with Gasteiger partial charge in [-0.3, -0.25) is 9.59 Å². The Bertz CT molecular complexity index is 594. The number of nitrogens with zero attached hydrogens (tertiary/aromatic N) is 2. The van der Waals surface area contributed by atoms with Gasteiger partial charge in [0.1, 0.15) is 11.5 Å². The monoisotopic (exact) mass is 334 g/mol. The Hall–Kier alpha value is -2.24. The summed E-state index contributed by atoms with van der Waals surface area (Å²) in [5.41, 5.74) is 1.40. The highest BCUT2D eigenvalue weighted by Crippen LogP contribution is 2.30. The highest BCUT2D eigenvalue weighted by Gasteiger charge is 2.26. The van der Waals surface area contributed by atoms with Gasteiger partial charge in [0.2, 0.25) is 5.91 Å². The molecule has 1 aliphatic heterocycles. The second-order valence-electron chi connectivity index (χ2n) is 6.28. The van der Waals surface area contributed by atoms with E-state index in [1.807, 2.05) is 25.7 Å². The molecule has 1 fully saturated rings. The van der Waals surface area contributed by atoms with E-state index in [4.69, 9.17) is 9.47 Å². The molecular formula is C18H26N2O4. The average Bonchev–Trinajstić information content (AvgIpc) is 2.60. The van der Waals surface area contributed by atoms with E-state index < -0.39 is 0 Å². The molecule has 6 heteroatoms. The van der Waals surface area contributed by atoms with Crippen LogP contribution in [0.15, 0.2) is 12.1 Å². The third-order valence-corrected chi connectivity index (χ3v) is 4.37. The predicted octanol–water partition coefficient (Wildman–Crippen LogP) is 1.95. The summed E-state index contributed by atoms with van der Waals surface area (Å²) >= 11 is 0. The lowest BCUT2D eigenvalue weighted by atomic mass is 10.1. The first kappa shape index (κ1) is 18.1. The fourth-order valence-corrected chi connectivity index (χ4v) is 2.89. The van der Waals surface area contributed by atoms with Gasteiger partial charge in [0.25, 0.3) is 5.91 Å². The van der Waals surface area contributed by atoms with Crippen LogP contribution in [0.5, 0.6) is 11.5 Å². The number of piperazine rings is 1. The van der Waals surface area contributed by atoms with Gasteiger partial charge in [-0.1, -0.05) is 13.8 Å². The number of rotatable bonds is 4. The van der Waals surface area contributed by atoms with Crippen LogP contribution in [0.2, 0.25) is 0 Å². The number of amides is 2. The smallest absolute Gasteiger partial charge is 0.254 e. The molecule has 0 atom stereocenters. The van der Waals surface area contributed by atoms with Crippen molar-refractivity contribution in [3.63, 3.8) is 0 Å². The molecule has 0 unspecified atom stereocenters. The van der Waals surface area contributed by atoms with E-state index in [2.05, 4.69) is 0 Å². The van der Waals surface area contributed by atoms with E-state index in [-0.39, 0.29) is 17.7 Å². The summed E-state index contributed by atoms with van der Waals surface area (Å²) in [6.45, 7) is 7.90. The molecule has 132 valence electrons. The van der Waals surface area contributed by atoms with E-state index >= 15 is 0 Å². The summed E-state index contributed by atoms with van der Waals surface area (Å²) in [6.07, 6.45) is 0. The Morgan fingerprint density at radius 3 is 1.83 bits per heavy atom. The van der Waals surface area contributed by atoms with Crippen molar-refractivity contribution >= 4 is 11.8 Å². The van der Waals surface area contributed by atoms with Crippen molar-refractivity contribution < 1.29 is 19.1 Å². The lowest BCUT2D eigenvalue weighted by Gasteiger charge is -2.35. The zero-order valence-corrected chi connectivity index (χ0v) is 15.1. The number of carbonyl (C=O) groups excluding carboxylic acids is 2. The summed E-state index contributed by atoms with van der Waals surface area (Å²) in [5, 5.41) is 0. The molecule has 6 nitrogen and oxygen atoms in total. The molecule has 1 heterocycles. The zero-order valence-electron chi connectivity index (χ0n) is 15.1. The van der Waals surface area contributed by atoms with Gasteiger partial charge in [0.05, 0.1) is 14.2 Å². The van der Waals surface area contributed by atoms with Crippen LogP contribution in [0.4, 0.5) is 0 Å². The fraction of sp³-hybridized carbons (Fsp3) is 0.556. The van der Waals surface area contributed by atoms with Crippen LogP contribution in [-0.4, -0.2) is 62.0 Å². The van der Waals surface area contributed by atoms with Gasteiger partial charge in [-0.15, -0.1) is 0 Å². The first-order chi connectivity index (χ1) is 11.4. The van der Waals surface area contributed by atoms with Gasteiger partial charge < -0.3 is 19.3 Å². The quantitative estimate of drug-likeness (QED) is 0.844. The topological polar surface area (TPSA) is 59.1 Å². The summed E-state index contributed by atoms with van der Waals surface area (Å²) in [7, 11) is 3.15. The lowest BCUT2D eigenvalue weighted by molar-refractivity contribution is -0.135. The van der Waals surface area contributed by atoms with Crippen molar-refractivity contribution in [3.8, 4) is 11.5 Å². The summed E-state index contributed by atoms with van der Waals surface area (Å²) in [4.78, 5) is 28.4. The number of methoxy groups -OCH3 is 2. The zero-order chi connectivity index (χ0) is 17.9. The Balaban J connectivity index is 2.12. The van der Waals surface area contributed by atoms with Gasteiger partial charge in [-0.2, -0.15) is 0 Å². The summed E-state index contributed by atoms with van der Waals surface area (Å²) in [6, 6.07) is 3.48. The number of benzene rings is 1. The van der Waals surface area contributed by atoms with Gasteiger partial charge in [0, 0.05) is 43.2 Å². The molecule has 2 amide bonds. The van der Waals surface area contributed by atoms with E-state index in [1.165, 1.54) is 0 Å². The summed E-state index contributed by atoms with van der Waals surface area (Å²) in [5.74, 6) is 1.32. The molecule has 0 N–H and O–H groups in total. The predicted molar refractivity (Wildman–Crippen MR) is 91.6 cm³/mol. The van der Waals surface area contributed by atoms with Crippen molar-refractivity contribution in [2.45, 2.75) is 20.8 Å². The molecule has 0 spiro atoms. The molecule has 0 aliphatic carbocycles. The minimum Gasteiger partial charge on any atom is -0.496 e. The van der Waals surface area contributed by atoms with Crippen molar-refractivity contribution in [1.82, 2.24) is 9.80 Å². The van der Waals surface area contributed by atoms with Gasteiger partial charge in [-0.05, 0) is 19.1 Å². The fourth-order valence-electron chi connectivity index (χ4n) is 2.89. The maximum absolute atomic E-state index is 12.8. The van der Waals surface area contributed by atoms with Crippen LogP contribution in [0.25, 0.3) is 0 Å². The van der Waals surface area contributed by atoms with Crippen molar-refractivity contribution in [2.75, 3.05) is 40.4 Å². The Labute approximate surface area is 143 Å². The Morgan fingerprint density at radius 1 is 0.958 bits per heavy atom. The van der Waals surface area contributed by atoms with Crippen molar-refractivity contribution in [2.24, 2.45) is 5.92 Å². The average molecular weight is 334 g/mol. The number of ether oxygens (including phenoxy) is 2. The molecule has 1 aromatic rings. The highest BCUT2D eigenvalue weighted by atomic mass is 16.5. The largest absolute Gasteiger partial charge is 0.496 e. The first-order valence-corrected chi connectivity index (χ1v) is 8.19. The van der Waals surface area contributed by atoms with Crippen molar-refractivity contribution in [1.29, 1.82) is 0 Å². The van der Waals surface area contributed by atoms with Crippen LogP contribution < -0.4 is 9.47 Å². The second kappa shape index (κ2) is 7.55. The van der Waals surface area contributed by atoms with Crippen LogP contribution >= 0.6 is 0 Å². The molecular weight excluding hydrogens is 308 g/mol. The van der Waals surface area contributed by atoms with Gasteiger partial charge in [-0.25, -0.2) is 0 Å². The summed E-state index contributed by atoms with van der Waals surface area (Å²) < 4.78 is 10.7. The molecule has 1 saturated heterocycles. The Kier molecular flexibility index (Phi) is 5.70. The van der Waals surface area contributed by atoms with E-state index in [0.717, 1.165) is 5.56 Å². The molecule has 1 aliphatic rings. The van der Waals surface area contributed by atoms with Crippen LogP contribution in [0, 0.1) is 12.8 Å². The minimum absolute atomic E-state index is 0.0159. The molecule has 0 saturated carbocycles. The van der Waals surface area contributed by atoms with E-state index in [1.54, 1.807) is 31.3 Å². The number of hydrogen-bond donors (Lipinski definition) is 0. The van der Waals surface area contributed by atoms with Crippen LogP contribution in [0.1, 0.15) is 29.8 Å². The minimum atomic E-state index is -0.0664. The Morgan fingerprint density at radius 2 is 1.42 bits per heavy atom. The third-order valence-electron chi connectivity index (χ3n) is 4.37. The molecule has 0 aromatic heterocycles. The number of carbonyl (C=O) groups is 2. The van der Waals surface area contributed by atoms with Crippen LogP contribution in [-0.2, 0) is 4.79 Å². The second-order valence-corrected chi connectivity index (χ2v) is 6.28. The molecule has 2 rings (SSSR count). The molecule has 0 radical (unpaired) electrons. The standard InChI is InChI=1S/C18H26N2O4/c1-12(2)17(21)19-6-8-20(9-7-19)18(22)14-10-15(23-4)13(3)16(11-14)24-5/h10-12H,6-9H2,1-5H3. The normalized spacial score (nSPS) is 14.8. The van der Waals surface area contributed by atoms with Crippen LogP contribution in [0.3, 0.4) is 0 Å². The SMILES string of the molecule is COc1cc(C(=O)N2CCN(C(=O)C(C)C)CC2)cc(OC)c1C. The maximum atomic E-state index is 12.8. The van der Waals surface area contributed by atoms with Gasteiger partial charge >= 0.3 is 0 Å². The van der Waals surface area contributed by atoms with E-state index in [9.17, 15) is 9.59 Å². The highest BCUT2D eigenvalue weighted by molar-refractivity contribution is 5.95. The molecule has 1 aromatic carbocycles. The third kappa shape index (κ3) is 3.63. The molecule has 0 bridgehead atoms. The van der Waals surface area contributed by atoms with Gasteiger partial charge in [0.15, 0.2) is 0 Å². The molecule has 24 heavy (non-hydrogen) atoms. The van der Waals surface area contributed by atoms with Crippen molar-refractivity contribution in [3.05, 3.63) is 23.3 Å². The number of hydrogen-bond acceptors (Lipinski definition) is 4. The maximum Gasteiger partial charge on any atom is 0.254 e. The van der Waals surface area contributed by atoms with E-state index in [0.29, 0.717) is 43.2 Å². The lowest BCUT2D eigenvalue weighted by Crippen LogP contribution is -2.51.